The molecule has 0 N–H and O–H groups in total. The highest BCUT2D eigenvalue weighted by atomic mass is 16.6. The van der Waals surface area contributed by atoms with Crippen LogP contribution in [-0.4, -0.2) is 23.8 Å². The summed E-state index contributed by atoms with van der Waals surface area (Å²) in [6.45, 7) is 1.32. The highest BCUT2D eigenvalue weighted by Gasteiger charge is 2.21. The second kappa shape index (κ2) is 7.25. The van der Waals surface area contributed by atoms with E-state index >= 15 is 0 Å². The van der Waals surface area contributed by atoms with Crippen LogP contribution < -0.4 is 4.74 Å². The van der Waals surface area contributed by atoms with Gasteiger partial charge in [0.05, 0.1) is 12.0 Å². The smallest absolute Gasteiger partial charge is 0.341 e. The number of hydrogen-bond donors (Lipinski definition) is 0. The maximum atomic E-state index is 12.1. The third-order valence-electron chi connectivity index (χ3n) is 4.04. The molecule has 0 aliphatic carbocycles. The number of hydrogen-bond acceptors (Lipinski definition) is 6. The van der Waals surface area contributed by atoms with Gasteiger partial charge < -0.3 is 9.47 Å². The highest BCUT2D eigenvalue weighted by Crippen LogP contribution is 2.36. The van der Waals surface area contributed by atoms with Gasteiger partial charge in [0.25, 0.3) is 0 Å². The van der Waals surface area contributed by atoms with Gasteiger partial charge in [0.15, 0.2) is 5.78 Å². The molecule has 0 aliphatic heterocycles. The molecule has 0 amide bonds. The molecule has 3 rings (SSSR count). The molecule has 27 heavy (non-hydrogen) atoms. The molecule has 0 saturated carbocycles. The van der Waals surface area contributed by atoms with Gasteiger partial charge >= 0.3 is 11.7 Å². The van der Waals surface area contributed by atoms with Gasteiger partial charge in [-0.15, -0.1) is 0 Å². The van der Waals surface area contributed by atoms with Crippen molar-refractivity contribution in [3.05, 3.63) is 75.8 Å². The molecule has 7 nitrogen and oxygen atoms in total. The molecular weight excluding hydrogens is 350 g/mol. The fraction of sp³-hybridized carbons (Fsp3) is 0.100. The third-order valence-corrected chi connectivity index (χ3v) is 4.04. The first kappa shape index (κ1) is 18.1. The predicted octanol–water partition coefficient (Wildman–Crippen LogP) is 4.53. The molecule has 0 unspecified atom stereocenters. The first-order valence-corrected chi connectivity index (χ1v) is 7.99. The van der Waals surface area contributed by atoms with Crippen molar-refractivity contribution in [3.63, 3.8) is 0 Å². The van der Waals surface area contributed by atoms with Crippen LogP contribution in [0.15, 0.2) is 54.6 Å². The first-order chi connectivity index (χ1) is 12.9. The van der Waals surface area contributed by atoms with Gasteiger partial charge in [-0.25, -0.2) is 4.79 Å². The molecule has 0 spiro atoms. The van der Waals surface area contributed by atoms with Crippen molar-refractivity contribution in [1.29, 1.82) is 0 Å². The summed E-state index contributed by atoms with van der Waals surface area (Å²) in [5.74, 6) is -0.881. The summed E-state index contributed by atoms with van der Waals surface area (Å²) in [5, 5.41) is 13.0. The molecule has 0 saturated heterocycles. The number of ether oxygens (including phenoxy) is 2. The summed E-state index contributed by atoms with van der Waals surface area (Å²) in [5.41, 5.74) is -0.0337. The lowest BCUT2D eigenvalue weighted by Gasteiger charge is -2.12. The summed E-state index contributed by atoms with van der Waals surface area (Å²) < 4.78 is 10.5. The van der Waals surface area contributed by atoms with Crippen LogP contribution in [-0.2, 0) is 4.74 Å². The zero-order chi connectivity index (χ0) is 19.6. The normalized spacial score (nSPS) is 10.4. The van der Waals surface area contributed by atoms with Crippen LogP contribution in [0.2, 0.25) is 0 Å². The maximum absolute atomic E-state index is 12.1. The van der Waals surface area contributed by atoms with Crippen LogP contribution in [0.4, 0.5) is 5.69 Å². The zero-order valence-electron chi connectivity index (χ0n) is 14.6. The van der Waals surface area contributed by atoms with Gasteiger partial charge in [-0.1, -0.05) is 24.3 Å². The fourth-order valence-electron chi connectivity index (χ4n) is 2.66. The number of nitro groups is 1. The second-order valence-electron chi connectivity index (χ2n) is 5.78. The molecule has 0 aliphatic rings. The number of methoxy groups -OCH3 is 1. The Morgan fingerprint density at radius 2 is 1.63 bits per heavy atom. The summed E-state index contributed by atoms with van der Waals surface area (Å²) in [6, 6.07) is 14.5. The van der Waals surface area contributed by atoms with E-state index in [2.05, 4.69) is 0 Å². The lowest BCUT2D eigenvalue weighted by molar-refractivity contribution is -0.385. The van der Waals surface area contributed by atoms with E-state index in [1.807, 2.05) is 24.3 Å². The van der Waals surface area contributed by atoms with Crippen molar-refractivity contribution in [2.75, 3.05) is 7.11 Å². The largest absolute Gasteiger partial charge is 0.465 e. The molecule has 0 fully saturated rings. The Morgan fingerprint density at radius 3 is 2.22 bits per heavy atom. The van der Waals surface area contributed by atoms with Gasteiger partial charge in [0, 0.05) is 11.6 Å². The minimum atomic E-state index is -0.638. The molecule has 0 radical (unpaired) electrons. The third kappa shape index (κ3) is 3.62. The fourth-order valence-corrected chi connectivity index (χ4v) is 2.66. The van der Waals surface area contributed by atoms with Gasteiger partial charge in [-0.05, 0) is 42.0 Å². The van der Waals surface area contributed by atoms with Crippen molar-refractivity contribution in [1.82, 2.24) is 0 Å². The molecule has 7 heteroatoms. The predicted molar refractivity (Wildman–Crippen MR) is 98.5 cm³/mol. The summed E-state index contributed by atoms with van der Waals surface area (Å²) >= 11 is 0. The number of carbonyl (C=O) groups is 2. The number of Topliss-reactive ketones (excluding diaryl/α,β-unsaturated/α-hetero) is 1. The lowest BCUT2D eigenvalue weighted by Crippen LogP contribution is -2.05. The highest BCUT2D eigenvalue weighted by molar-refractivity contribution is 5.99. The second-order valence-corrected chi connectivity index (χ2v) is 5.78. The molecule has 0 atom stereocenters. The molecule has 0 heterocycles. The SMILES string of the molecule is COC(=O)c1cc2ccccc2cc1Oc1ccc(C(C)=O)cc1[N+](=O)[O-]. The van der Waals surface area contributed by atoms with Crippen LogP contribution in [0.5, 0.6) is 11.5 Å². The Morgan fingerprint density at radius 1 is 0.963 bits per heavy atom. The number of ketones is 1. The van der Waals surface area contributed by atoms with E-state index in [0.29, 0.717) is 0 Å². The number of esters is 1. The lowest BCUT2D eigenvalue weighted by atomic mass is 10.1. The van der Waals surface area contributed by atoms with Crippen LogP contribution in [0, 0.1) is 10.1 Å². The summed E-state index contributed by atoms with van der Waals surface area (Å²) in [7, 11) is 1.24. The molecule has 136 valence electrons. The van der Waals surface area contributed by atoms with Crippen LogP contribution >= 0.6 is 0 Å². The van der Waals surface area contributed by atoms with E-state index in [-0.39, 0.29) is 34.1 Å². The summed E-state index contributed by atoms with van der Waals surface area (Å²) in [6.07, 6.45) is 0. The standard InChI is InChI=1S/C20H15NO6/c1-12(22)13-7-8-18(17(10-13)21(24)25)27-19-11-15-6-4-3-5-14(15)9-16(19)20(23)26-2/h3-11H,1-2H3. The minimum absolute atomic E-state index is 0.0783. The quantitative estimate of drug-likeness (QED) is 0.285. The van der Waals surface area contributed by atoms with Crippen molar-refractivity contribution in [2.45, 2.75) is 6.92 Å². The zero-order valence-corrected chi connectivity index (χ0v) is 14.6. The van der Waals surface area contributed by atoms with Crippen molar-refractivity contribution in [3.8, 4) is 11.5 Å². The van der Waals surface area contributed by atoms with Crippen LogP contribution in [0.3, 0.4) is 0 Å². The Kier molecular flexibility index (Phi) is 4.85. The van der Waals surface area contributed by atoms with Gasteiger partial charge in [0.2, 0.25) is 5.75 Å². The summed E-state index contributed by atoms with van der Waals surface area (Å²) in [4.78, 5) is 34.4. The minimum Gasteiger partial charge on any atom is -0.465 e. The molecule has 0 aromatic heterocycles. The van der Waals surface area contributed by atoms with E-state index in [4.69, 9.17) is 9.47 Å². The van der Waals surface area contributed by atoms with E-state index in [1.54, 1.807) is 12.1 Å². The van der Waals surface area contributed by atoms with Crippen molar-refractivity contribution < 1.29 is 24.0 Å². The number of rotatable bonds is 5. The monoisotopic (exact) mass is 365 g/mol. The van der Waals surface area contributed by atoms with Crippen molar-refractivity contribution in [2.24, 2.45) is 0 Å². The van der Waals surface area contributed by atoms with Crippen LogP contribution in [0.25, 0.3) is 10.8 Å². The Balaban J connectivity index is 2.14. The van der Waals surface area contributed by atoms with Crippen molar-refractivity contribution >= 4 is 28.2 Å². The van der Waals surface area contributed by atoms with E-state index in [1.165, 1.54) is 26.2 Å². The average Bonchev–Trinajstić information content (AvgIpc) is 2.66. The first-order valence-electron chi connectivity index (χ1n) is 7.99. The van der Waals surface area contributed by atoms with Gasteiger partial charge in [0.1, 0.15) is 11.3 Å². The topological polar surface area (TPSA) is 95.7 Å². The van der Waals surface area contributed by atoms with E-state index < -0.39 is 10.9 Å². The molecule has 3 aromatic rings. The number of fused-ring (bicyclic) bond motifs is 1. The average molecular weight is 365 g/mol. The number of nitrogens with zero attached hydrogens (tertiary/aromatic N) is 1. The number of nitro benzene ring substituents is 1. The Hall–Kier alpha value is -3.74. The van der Waals surface area contributed by atoms with Gasteiger partial charge in [-0.2, -0.15) is 0 Å². The Labute approximate surface area is 154 Å². The van der Waals surface area contributed by atoms with E-state index in [0.717, 1.165) is 16.8 Å². The molecule has 3 aromatic carbocycles. The molecular formula is C20H15NO6. The van der Waals surface area contributed by atoms with Crippen LogP contribution in [0.1, 0.15) is 27.6 Å². The van der Waals surface area contributed by atoms with Gasteiger partial charge in [-0.3, -0.25) is 14.9 Å². The maximum Gasteiger partial charge on any atom is 0.341 e. The van der Waals surface area contributed by atoms with E-state index in [9.17, 15) is 19.7 Å². The Bertz CT molecular complexity index is 1070. The number of benzene rings is 3. The molecule has 0 bridgehead atoms. The number of carbonyl (C=O) groups excluding carboxylic acids is 2.